The number of carbonyl (C=O) groups is 1. The van der Waals surface area contributed by atoms with Crippen LogP contribution in [0.1, 0.15) is 25.7 Å². The smallest absolute Gasteiger partial charge is 0.223 e. The van der Waals surface area contributed by atoms with Gasteiger partial charge in [0.2, 0.25) is 5.91 Å². The number of carbonyl (C=O) groups excluding carboxylic acids is 1. The first-order valence-electron chi connectivity index (χ1n) is 5.47. The fourth-order valence-electron chi connectivity index (χ4n) is 2.16. The molecule has 0 radical (unpaired) electrons. The highest BCUT2D eigenvalue weighted by molar-refractivity contribution is 5.79. The molecule has 4 nitrogen and oxygen atoms in total. The van der Waals surface area contributed by atoms with Crippen molar-refractivity contribution in [2.24, 2.45) is 23.3 Å². The maximum absolute atomic E-state index is 11.7. The van der Waals surface area contributed by atoms with Crippen LogP contribution in [0.25, 0.3) is 0 Å². The first-order chi connectivity index (χ1) is 6.79. The van der Waals surface area contributed by atoms with E-state index in [0.29, 0.717) is 25.6 Å². The monoisotopic (exact) mass is 199 g/mol. The molecule has 2 atom stereocenters. The highest BCUT2D eigenvalue weighted by atomic mass is 16.1. The normalized spacial score (nSPS) is 27.3. The maximum atomic E-state index is 11.7. The fraction of sp³-hybridized carbons (Fsp3) is 0.900. The van der Waals surface area contributed by atoms with Crippen molar-refractivity contribution in [3.63, 3.8) is 0 Å². The molecule has 1 saturated carbocycles. The van der Waals surface area contributed by atoms with Gasteiger partial charge in [-0.15, -0.1) is 0 Å². The number of hydrogen-bond acceptors (Lipinski definition) is 3. The molecule has 0 heterocycles. The first kappa shape index (κ1) is 11.5. The van der Waals surface area contributed by atoms with Gasteiger partial charge in [0.15, 0.2) is 0 Å². The van der Waals surface area contributed by atoms with Gasteiger partial charge in [0.25, 0.3) is 0 Å². The van der Waals surface area contributed by atoms with E-state index < -0.39 is 0 Å². The third-order valence-corrected chi connectivity index (χ3v) is 2.99. The third kappa shape index (κ3) is 2.96. The summed E-state index contributed by atoms with van der Waals surface area (Å²) in [6.45, 7) is 1.71. The molecule has 1 amide bonds. The van der Waals surface area contributed by atoms with Gasteiger partial charge in [-0.25, -0.2) is 0 Å². The summed E-state index contributed by atoms with van der Waals surface area (Å²) in [4.78, 5) is 11.7. The largest absolute Gasteiger partial charge is 0.355 e. The lowest BCUT2D eigenvalue weighted by Crippen LogP contribution is -2.41. The molecule has 0 bridgehead atoms. The predicted octanol–water partition coefficient (Wildman–Crippen LogP) is -0.174. The fourth-order valence-corrected chi connectivity index (χ4v) is 2.16. The van der Waals surface area contributed by atoms with Gasteiger partial charge >= 0.3 is 0 Å². The molecule has 4 heteroatoms. The van der Waals surface area contributed by atoms with Crippen LogP contribution in [0, 0.1) is 11.8 Å². The summed E-state index contributed by atoms with van der Waals surface area (Å²) < 4.78 is 0. The second-order valence-corrected chi connectivity index (χ2v) is 3.97. The van der Waals surface area contributed by atoms with E-state index in [-0.39, 0.29) is 11.8 Å². The molecule has 1 aliphatic carbocycles. The van der Waals surface area contributed by atoms with Gasteiger partial charge in [-0.2, -0.15) is 0 Å². The van der Waals surface area contributed by atoms with Crippen molar-refractivity contribution in [2.75, 3.05) is 19.6 Å². The maximum Gasteiger partial charge on any atom is 0.223 e. The summed E-state index contributed by atoms with van der Waals surface area (Å²) in [5, 5.41) is 2.85. The molecule has 5 N–H and O–H groups in total. The zero-order valence-corrected chi connectivity index (χ0v) is 8.67. The highest BCUT2D eigenvalue weighted by Crippen LogP contribution is 2.29. The van der Waals surface area contributed by atoms with Crippen LogP contribution in [0.3, 0.4) is 0 Å². The molecule has 14 heavy (non-hydrogen) atoms. The molecule has 2 unspecified atom stereocenters. The lowest BCUT2D eigenvalue weighted by Gasteiger charge is -2.29. The first-order valence-corrected chi connectivity index (χ1v) is 5.47. The molecule has 1 rings (SSSR count). The van der Waals surface area contributed by atoms with Crippen molar-refractivity contribution in [1.29, 1.82) is 0 Å². The van der Waals surface area contributed by atoms with Gasteiger partial charge in [0, 0.05) is 19.0 Å². The predicted molar refractivity (Wildman–Crippen MR) is 56.6 cm³/mol. The molecule has 0 aliphatic heterocycles. The van der Waals surface area contributed by atoms with Crippen molar-refractivity contribution < 1.29 is 4.79 Å². The molecule has 1 aliphatic rings. The van der Waals surface area contributed by atoms with Crippen LogP contribution in [0.5, 0.6) is 0 Å². The van der Waals surface area contributed by atoms with Crippen molar-refractivity contribution in [3.8, 4) is 0 Å². The van der Waals surface area contributed by atoms with E-state index in [1.807, 2.05) is 0 Å². The van der Waals surface area contributed by atoms with Gasteiger partial charge in [-0.1, -0.05) is 12.8 Å². The standard InChI is InChI=1S/C10H21N3O/c11-5-6-13-10(14)9-4-2-1-3-8(9)7-12/h8-9H,1-7,11-12H2,(H,13,14). The minimum absolute atomic E-state index is 0.125. The van der Waals surface area contributed by atoms with Crippen molar-refractivity contribution >= 4 is 5.91 Å². The number of nitrogens with two attached hydrogens (primary N) is 2. The van der Waals surface area contributed by atoms with Gasteiger partial charge < -0.3 is 16.8 Å². The Hall–Kier alpha value is -0.610. The lowest BCUT2D eigenvalue weighted by molar-refractivity contribution is -0.127. The third-order valence-electron chi connectivity index (χ3n) is 2.99. The molecule has 0 aromatic rings. The summed E-state index contributed by atoms with van der Waals surface area (Å²) in [5.74, 6) is 0.646. The number of hydrogen-bond donors (Lipinski definition) is 3. The van der Waals surface area contributed by atoms with Crippen LogP contribution in [-0.4, -0.2) is 25.5 Å². The zero-order valence-electron chi connectivity index (χ0n) is 8.67. The number of amides is 1. The van der Waals surface area contributed by atoms with Crippen LogP contribution in [0.4, 0.5) is 0 Å². The summed E-state index contributed by atoms with van der Waals surface area (Å²) in [6, 6.07) is 0. The molecule has 1 fully saturated rings. The Morgan fingerprint density at radius 1 is 1.29 bits per heavy atom. The average Bonchev–Trinajstić information content (AvgIpc) is 2.25. The quantitative estimate of drug-likeness (QED) is 0.588. The van der Waals surface area contributed by atoms with E-state index in [1.54, 1.807) is 0 Å². The van der Waals surface area contributed by atoms with Crippen LogP contribution >= 0.6 is 0 Å². The van der Waals surface area contributed by atoms with Gasteiger partial charge in [0.05, 0.1) is 0 Å². The van der Waals surface area contributed by atoms with Gasteiger partial charge in [-0.3, -0.25) is 4.79 Å². The van der Waals surface area contributed by atoms with E-state index in [9.17, 15) is 4.79 Å². The van der Waals surface area contributed by atoms with Crippen LogP contribution in [-0.2, 0) is 4.79 Å². The Bertz CT molecular complexity index is 184. The second-order valence-electron chi connectivity index (χ2n) is 3.97. The van der Waals surface area contributed by atoms with Crippen LogP contribution < -0.4 is 16.8 Å². The zero-order chi connectivity index (χ0) is 10.4. The number of nitrogens with one attached hydrogen (secondary N) is 1. The van der Waals surface area contributed by atoms with Crippen LogP contribution in [0.15, 0.2) is 0 Å². The van der Waals surface area contributed by atoms with Gasteiger partial charge in [0.1, 0.15) is 0 Å². The molecule has 82 valence electrons. The molecule has 0 aromatic heterocycles. The minimum atomic E-state index is 0.125. The Morgan fingerprint density at radius 2 is 2.00 bits per heavy atom. The molecule has 0 spiro atoms. The molecular formula is C10H21N3O. The van der Waals surface area contributed by atoms with Crippen LogP contribution in [0.2, 0.25) is 0 Å². The Labute approximate surface area is 85.4 Å². The second kappa shape index (κ2) is 5.98. The number of rotatable bonds is 4. The van der Waals surface area contributed by atoms with E-state index in [0.717, 1.165) is 19.3 Å². The van der Waals surface area contributed by atoms with Gasteiger partial charge in [-0.05, 0) is 25.3 Å². The topological polar surface area (TPSA) is 81.1 Å². The Balaban J connectivity index is 2.41. The van der Waals surface area contributed by atoms with E-state index in [2.05, 4.69) is 5.32 Å². The summed E-state index contributed by atoms with van der Waals surface area (Å²) >= 11 is 0. The molecule has 0 saturated heterocycles. The summed E-state index contributed by atoms with van der Waals surface area (Å²) in [7, 11) is 0. The summed E-state index contributed by atoms with van der Waals surface area (Å²) in [5.41, 5.74) is 11.0. The lowest BCUT2D eigenvalue weighted by atomic mass is 9.79. The Morgan fingerprint density at radius 3 is 2.64 bits per heavy atom. The Kier molecular flexibility index (Phi) is 4.90. The van der Waals surface area contributed by atoms with Crippen molar-refractivity contribution in [1.82, 2.24) is 5.32 Å². The average molecular weight is 199 g/mol. The highest BCUT2D eigenvalue weighted by Gasteiger charge is 2.29. The summed E-state index contributed by atoms with van der Waals surface area (Å²) in [6.07, 6.45) is 4.44. The SMILES string of the molecule is NCCNC(=O)C1CCCCC1CN. The molecule has 0 aromatic carbocycles. The van der Waals surface area contributed by atoms with Crippen molar-refractivity contribution in [3.05, 3.63) is 0 Å². The minimum Gasteiger partial charge on any atom is -0.355 e. The van der Waals surface area contributed by atoms with E-state index in [4.69, 9.17) is 11.5 Å². The molecular weight excluding hydrogens is 178 g/mol. The van der Waals surface area contributed by atoms with Crippen molar-refractivity contribution in [2.45, 2.75) is 25.7 Å². The van der Waals surface area contributed by atoms with E-state index >= 15 is 0 Å². The van der Waals surface area contributed by atoms with E-state index in [1.165, 1.54) is 6.42 Å².